The van der Waals surface area contributed by atoms with E-state index < -0.39 is 24.4 Å². The lowest BCUT2D eigenvalue weighted by Crippen LogP contribution is -2.52. The Bertz CT molecular complexity index is 419. The van der Waals surface area contributed by atoms with Crippen molar-refractivity contribution in [2.24, 2.45) is 5.92 Å². The van der Waals surface area contributed by atoms with Crippen molar-refractivity contribution in [3.8, 4) is 0 Å². The molecule has 2 atom stereocenters. The summed E-state index contributed by atoms with van der Waals surface area (Å²) in [7, 11) is -4.49. The van der Waals surface area contributed by atoms with E-state index in [1.54, 1.807) is 25.3 Å². The first kappa shape index (κ1) is 15.8. The van der Waals surface area contributed by atoms with Crippen LogP contribution in [0.15, 0.2) is 12.7 Å². The molecule has 1 fully saturated rings. The van der Waals surface area contributed by atoms with Crippen LogP contribution in [-0.2, 0) is 14.1 Å². The maximum atomic E-state index is 13.6. The van der Waals surface area contributed by atoms with Gasteiger partial charge in [0.15, 0.2) is 5.78 Å². The molecule has 0 saturated carbocycles. The molecule has 108 valence electrons. The number of nitrogens with zero attached hydrogens (tertiary/aromatic N) is 1. The zero-order chi connectivity index (χ0) is 14.8. The number of carbonyl (C=O) groups is 1. The molecule has 4 nitrogen and oxygen atoms in total. The largest absolute Gasteiger partial charge is 0.668 e. The highest BCUT2D eigenvalue weighted by Crippen LogP contribution is 2.38. The second kappa shape index (κ2) is 5.40. The van der Waals surface area contributed by atoms with Gasteiger partial charge in [-0.3, -0.25) is 4.79 Å². The molecule has 0 aliphatic carbocycles. The highest BCUT2D eigenvalue weighted by molar-refractivity contribution is 6.57. The average Bonchev–Trinajstić information content (AvgIpc) is 2.63. The normalized spacial score (nSPS) is 26.7. The van der Waals surface area contributed by atoms with Gasteiger partial charge in [0.1, 0.15) is 13.1 Å². The molecule has 0 amide bonds. The fraction of sp³-hybridized carbons (Fsp3) is 0.667. The average molecular weight is 275 g/mol. The highest BCUT2D eigenvalue weighted by Gasteiger charge is 2.63. The number of Topliss-reactive ketones (excluding diaryl/α,β-unsaturated/α-hetero) is 1. The number of halogens is 2. The molecule has 0 bridgehead atoms. The summed E-state index contributed by atoms with van der Waals surface area (Å²) in [6, 6.07) is 0. The molecule has 0 radical (unpaired) electrons. The molecule has 1 aliphatic rings. The smallest absolute Gasteiger partial charge is 0.591 e. The van der Waals surface area contributed by atoms with Crippen LogP contribution in [0, 0.1) is 5.92 Å². The van der Waals surface area contributed by atoms with Crippen molar-refractivity contribution in [3.05, 3.63) is 12.7 Å². The van der Waals surface area contributed by atoms with Crippen LogP contribution in [0.25, 0.3) is 0 Å². The van der Waals surface area contributed by atoms with Gasteiger partial charge in [0.25, 0.3) is 0 Å². The monoisotopic (exact) mass is 275 g/mol. The van der Waals surface area contributed by atoms with Gasteiger partial charge in [0.2, 0.25) is 5.60 Å². The van der Waals surface area contributed by atoms with Crippen LogP contribution in [0.1, 0.15) is 27.7 Å². The summed E-state index contributed by atoms with van der Waals surface area (Å²) < 4.78 is 38.1. The lowest BCUT2D eigenvalue weighted by molar-refractivity contribution is -0.530. The lowest BCUT2D eigenvalue weighted by atomic mass is 9.84. The Hall–Kier alpha value is -1.24. The number of rotatable bonds is 5. The fourth-order valence-corrected chi connectivity index (χ4v) is 2.35. The number of carbonyl (C=O) groups excluding carboxylic acids is 1. The first-order valence-corrected chi connectivity index (χ1v) is 6.40. The van der Waals surface area contributed by atoms with Gasteiger partial charge in [-0.1, -0.05) is 13.0 Å². The Kier molecular flexibility index (Phi) is 4.50. The van der Waals surface area contributed by atoms with Crippen molar-refractivity contribution < 1.29 is 27.3 Å². The van der Waals surface area contributed by atoms with E-state index in [4.69, 9.17) is 4.65 Å². The van der Waals surface area contributed by atoms with Crippen molar-refractivity contribution >= 4 is 18.8 Å². The van der Waals surface area contributed by atoms with Crippen LogP contribution < -0.4 is 0 Å². The molecule has 0 aromatic carbocycles. The molecule has 0 aromatic heterocycles. The van der Waals surface area contributed by atoms with E-state index in [9.17, 15) is 13.4 Å². The molecule has 0 aromatic rings. The van der Waals surface area contributed by atoms with Gasteiger partial charge in [-0.2, -0.15) is 0 Å². The van der Waals surface area contributed by atoms with Crippen molar-refractivity contribution in [2.75, 3.05) is 13.1 Å². The standard InChI is InChI=1S/C12H20BF2NO3/c1-6-9(4)12(10(5)17)11(16(7-2)8-3)18-13(14,15)19-12/h6,9H,1,7-8H2,2-5H3/t9-,12+/m1/s1. The van der Waals surface area contributed by atoms with Crippen LogP contribution in [-0.4, -0.2) is 42.1 Å². The topological polar surface area (TPSA) is 38.5 Å². The molecule has 1 heterocycles. The Morgan fingerprint density at radius 3 is 2.42 bits per heavy atom. The summed E-state index contributed by atoms with van der Waals surface area (Å²) in [6.07, 6.45) is 1.42. The van der Waals surface area contributed by atoms with E-state index in [2.05, 4.69) is 11.2 Å². The second-order valence-electron chi connectivity index (χ2n) is 4.56. The summed E-state index contributed by atoms with van der Waals surface area (Å²) in [6.45, 7) is 10.9. The van der Waals surface area contributed by atoms with Gasteiger partial charge in [-0.15, -0.1) is 6.58 Å². The first-order valence-electron chi connectivity index (χ1n) is 6.40. The maximum absolute atomic E-state index is 13.6. The van der Waals surface area contributed by atoms with E-state index in [1.807, 2.05) is 0 Å². The van der Waals surface area contributed by atoms with E-state index >= 15 is 0 Å². The third-order valence-electron chi connectivity index (χ3n) is 3.46. The first-order chi connectivity index (χ1) is 8.75. The van der Waals surface area contributed by atoms with Crippen LogP contribution in [0.3, 0.4) is 0 Å². The zero-order valence-corrected chi connectivity index (χ0v) is 11.8. The third-order valence-corrected chi connectivity index (χ3v) is 3.46. The van der Waals surface area contributed by atoms with E-state index in [0.29, 0.717) is 13.1 Å². The molecule has 1 rings (SSSR count). The van der Waals surface area contributed by atoms with Gasteiger partial charge in [-0.05, 0) is 20.8 Å². The Balaban J connectivity index is 3.52. The molecule has 7 heteroatoms. The van der Waals surface area contributed by atoms with Gasteiger partial charge < -0.3 is 17.9 Å². The number of hydrogen-bond acceptors (Lipinski definition) is 3. The zero-order valence-electron chi connectivity index (χ0n) is 11.8. The molecule has 0 unspecified atom stereocenters. The SMILES string of the molecule is C=C[C@@H](C)[C@@]1(C(C)=O)O[B-](F)(F)OC1=[N+](CC)CC. The predicted molar refractivity (Wildman–Crippen MR) is 69.3 cm³/mol. The molecule has 0 N–H and O–H groups in total. The molecule has 1 saturated heterocycles. The lowest BCUT2D eigenvalue weighted by Gasteiger charge is -2.30. The quantitative estimate of drug-likeness (QED) is 0.437. The van der Waals surface area contributed by atoms with Crippen LogP contribution in [0.2, 0.25) is 0 Å². The molecular weight excluding hydrogens is 255 g/mol. The van der Waals surface area contributed by atoms with Crippen molar-refractivity contribution in [2.45, 2.75) is 33.3 Å². The number of ketones is 1. The molecule has 1 aliphatic heterocycles. The highest BCUT2D eigenvalue weighted by atomic mass is 19.3. The fourth-order valence-electron chi connectivity index (χ4n) is 2.35. The van der Waals surface area contributed by atoms with Crippen LogP contribution in [0.4, 0.5) is 8.63 Å². The minimum Gasteiger partial charge on any atom is -0.591 e. The molecule has 19 heavy (non-hydrogen) atoms. The number of hydrogen-bond donors (Lipinski definition) is 0. The second-order valence-corrected chi connectivity index (χ2v) is 4.56. The van der Waals surface area contributed by atoms with Gasteiger partial charge in [0.05, 0.1) is 0 Å². The Morgan fingerprint density at radius 1 is 1.53 bits per heavy atom. The van der Waals surface area contributed by atoms with Crippen molar-refractivity contribution in [1.82, 2.24) is 0 Å². The summed E-state index contributed by atoms with van der Waals surface area (Å²) in [4.78, 5) is 12.0. The minimum absolute atomic E-state index is 0.109. The van der Waals surface area contributed by atoms with Crippen LogP contribution in [0.5, 0.6) is 0 Å². The Labute approximate surface area is 112 Å². The van der Waals surface area contributed by atoms with E-state index in [1.165, 1.54) is 13.0 Å². The maximum Gasteiger partial charge on any atom is 0.668 e. The van der Waals surface area contributed by atoms with E-state index in [0.717, 1.165) is 0 Å². The Morgan fingerprint density at radius 2 is 2.05 bits per heavy atom. The van der Waals surface area contributed by atoms with Crippen molar-refractivity contribution in [3.63, 3.8) is 0 Å². The summed E-state index contributed by atoms with van der Waals surface area (Å²) >= 11 is 0. The summed E-state index contributed by atoms with van der Waals surface area (Å²) in [5, 5.41) is 0. The molecule has 0 spiro atoms. The predicted octanol–water partition coefficient (Wildman–Crippen LogP) is 2.01. The summed E-state index contributed by atoms with van der Waals surface area (Å²) in [5.41, 5.74) is -1.78. The third kappa shape index (κ3) is 2.56. The molecular formula is C12H20BF2NO3. The van der Waals surface area contributed by atoms with Gasteiger partial charge >= 0.3 is 13.0 Å². The minimum atomic E-state index is -4.49. The van der Waals surface area contributed by atoms with Crippen LogP contribution >= 0.6 is 0 Å². The van der Waals surface area contributed by atoms with Gasteiger partial charge in [0, 0.05) is 5.92 Å². The van der Waals surface area contributed by atoms with Gasteiger partial charge in [-0.25, -0.2) is 4.58 Å². The van der Waals surface area contributed by atoms with E-state index in [-0.39, 0.29) is 5.90 Å². The summed E-state index contributed by atoms with van der Waals surface area (Å²) in [5.74, 6) is -1.24. The van der Waals surface area contributed by atoms with Crippen molar-refractivity contribution in [1.29, 1.82) is 0 Å².